The van der Waals surface area contributed by atoms with Crippen LogP contribution in [-0.2, 0) is 11.8 Å². The number of halogens is 1. The molecule has 0 spiro atoms. The maximum atomic E-state index is 12.7. The molecule has 1 unspecified atom stereocenters. The van der Waals surface area contributed by atoms with E-state index in [1.54, 1.807) is 48.9 Å². The highest BCUT2D eigenvalue weighted by molar-refractivity contribution is 9.10. The summed E-state index contributed by atoms with van der Waals surface area (Å²) in [4.78, 5) is 29.5. The molecule has 8 nitrogen and oxygen atoms in total. The number of rotatable bonds is 3. The molecule has 0 aliphatic rings. The Kier molecular flexibility index (Phi) is 4.75. The van der Waals surface area contributed by atoms with Crippen molar-refractivity contribution in [3.8, 4) is 5.88 Å². The van der Waals surface area contributed by atoms with Crippen molar-refractivity contribution in [2.45, 2.75) is 13.0 Å². The first-order chi connectivity index (χ1) is 13.9. The van der Waals surface area contributed by atoms with Gasteiger partial charge < -0.3 is 9.67 Å². The van der Waals surface area contributed by atoms with Gasteiger partial charge >= 0.3 is 0 Å². The monoisotopic (exact) mass is 453 g/mol. The third-order valence-electron chi connectivity index (χ3n) is 4.82. The lowest BCUT2D eigenvalue weighted by Crippen LogP contribution is -2.27. The van der Waals surface area contributed by atoms with E-state index in [-0.39, 0.29) is 17.1 Å². The van der Waals surface area contributed by atoms with Gasteiger partial charge in [-0.1, -0.05) is 28.1 Å². The van der Waals surface area contributed by atoms with Crippen molar-refractivity contribution < 1.29 is 9.90 Å². The summed E-state index contributed by atoms with van der Waals surface area (Å²) in [6.45, 7) is 1.55. The van der Waals surface area contributed by atoms with Crippen LogP contribution in [0.25, 0.3) is 21.8 Å². The smallest absolute Gasteiger partial charge is 0.287 e. The van der Waals surface area contributed by atoms with Gasteiger partial charge in [-0.05, 0) is 37.3 Å². The fourth-order valence-electron chi connectivity index (χ4n) is 3.14. The Morgan fingerprint density at radius 2 is 1.97 bits per heavy atom. The number of benzene rings is 2. The number of aryl methyl sites for hydroxylation is 1. The zero-order chi connectivity index (χ0) is 20.7. The maximum absolute atomic E-state index is 12.7. The van der Waals surface area contributed by atoms with Gasteiger partial charge in [0.2, 0.25) is 5.88 Å². The number of amides is 1. The van der Waals surface area contributed by atoms with Gasteiger partial charge in [-0.15, -0.1) is 10.2 Å². The lowest BCUT2D eigenvalue weighted by atomic mass is 10.2. The van der Waals surface area contributed by atoms with E-state index in [1.807, 2.05) is 12.1 Å². The molecule has 0 bridgehead atoms. The van der Waals surface area contributed by atoms with Crippen molar-refractivity contribution in [1.29, 1.82) is 0 Å². The van der Waals surface area contributed by atoms with Gasteiger partial charge in [0.15, 0.2) is 5.69 Å². The zero-order valence-electron chi connectivity index (χ0n) is 15.6. The molecule has 4 aromatic rings. The molecular weight excluding hydrogens is 438 g/mol. The van der Waals surface area contributed by atoms with E-state index in [0.29, 0.717) is 16.3 Å². The Balaban J connectivity index is 1.70. The topological polar surface area (TPSA) is 102 Å². The summed E-state index contributed by atoms with van der Waals surface area (Å²) in [5.41, 5.74) is 1.16. The first kappa shape index (κ1) is 19.0. The number of para-hydroxylation sites is 1. The molecule has 4 rings (SSSR count). The molecule has 29 heavy (non-hydrogen) atoms. The van der Waals surface area contributed by atoms with Gasteiger partial charge in [-0.2, -0.15) is 0 Å². The number of azo groups is 1. The number of hydrogen-bond acceptors (Lipinski definition) is 5. The van der Waals surface area contributed by atoms with Crippen LogP contribution in [0.1, 0.15) is 13.0 Å². The molecule has 0 radical (unpaired) electrons. The molecule has 2 aromatic carbocycles. The molecule has 146 valence electrons. The Labute approximate surface area is 173 Å². The molecule has 2 aromatic heterocycles. The largest absolute Gasteiger partial charge is 0.493 e. The normalized spacial score (nSPS) is 12.8. The third kappa shape index (κ3) is 3.23. The minimum absolute atomic E-state index is 0.105. The molecule has 1 atom stereocenters. The van der Waals surface area contributed by atoms with Gasteiger partial charge in [0.05, 0.1) is 22.7 Å². The Hall–Kier alpha value is -3.33. The molecular formula is C20H16BrN5O3. The predicted molar refractivity (Wildman–Crippen MR) is 113 cm³/mol. The van der Waals surface area contributed by atoms with Gasteiger partial charge in [-0.3, -0.25) is 14.2 Å². The highest BCUT2D eigenvalue weighted by Crippen LogP contribution is 2.39. The fourth-order valence-corrected chi connectivity index (χ4v) is 3.50. The molecule has 0 fully saturated rings. The van der Waals surface area contributed by atoms with Crippen LogP contribution in [0, 0.1) is 0 Å². The van der Waals surface area contributed by atoms with Crippen molar-refractivity contribution in [1.82, 2.24) is 14.1 Å². The summed E-state index contributed by atoms with van der Waals surface area (Å²) in [7, 11) is 1.69. The predicted octanol–water partition coefficient (Wildman–Crippen LogP) is 4.23. The second-order valence-electron chi connectivity index (χ2n) is 6.58. The van der Waals surface area contributed by atoms with Gasteiger partial charge in [0, 0.05) is 16.9 Å². The molecule has 2 heterocycles. The van der Waals surface area contributed by atoms with E-state index in [4.69, 9.17) is 0 Å². The number of aromatic hydroxyl groups is 1. The Bertz CT molecular complexity index is 1360. The summed E-state index contributed by atoms with van der Waals surface area (Å²) < 4.78 is 3.59. The van der Waals surface area contributed by atoms with Crippen LogP contribution in [0.15, 0.2) is 68.3 Å². The van der Waals surface area contributed by atoms with E-state index < -0.39 is 11.9 Å². The number of fused-ring (bicyclic) bond motifs is 2. The minimum atomic E-state index is -0.896. The molecule has 1 N–H and O–H groups in total. The van der Waals surface area contributed by atoms with E-state index in [1.165, 1.54) is 10.9 Å². The van der Waals surface area contributed by atoms with Crippen LogP contribution in [0.3, 0.4) is 0 Å². The summed E-state index contributed by atoms with van der Waals surface area (Å²) >= 11 is 3.39. The first-order valence-electron chi connectivity index (χ1n) is 8.77. The maximum Gasteiger partial charge on any atom is 0.287 e. The quantitative estimate of drug-likeness (QED) is 0.468. The number of aromatic nitrogens is 3. The summed E-state index contributed by atoms with van der Waals surface area (Å²) in [6.07, 6.45) is 1.33. The Morgan fingerprint density at radius 1 is 1.21 bits per heavy atom. The zero-order valence-corrected chi connectivity index (χ0v) is 17.2. The number of carbonyl (C=O) groups excluding carboxylic acids is 1. The third-order valence-corrected chi connectivity index (χ3v) is 5.31. The summed E-state index contributed by atoms with van der Waals surface area (Å²) in [5, 5.41) is 19.2. The van der Waals surface area contributed by atoms with Crippen LogP contribution >= 0.6 is 15.9 Å². The van der Waals surface area contributed by atoms with Gasteiger partial charge in [-0.25, -0.2) is 4.98 Å². The summed E-state index contributed by atoms with van der Waals surface area (Å²) in [5.74, 6) is -0.734. The van der Waals surface area contributed by atoms with Crippen molar-refractivity contribution in [2.24, 2.45) is 17.3 Å². The van der Waals surface area contributed by atoms with Gasteiger partial charge in [0.25, 0.3) is 11.5 Å². The molecule has 0 saturated carbocycles. The standard InChI is InChI=1S/C20H16BrN5O3/c1-11(26-10-22-15-6-4-3-5-13(15)19(26)28)18(27)24-23-17-14-9-12(21)7-8-16(14)25(2)20(17)29/h3-11,29H,1-2H3. The van der Waals surface area contributed by atoms with Crippen molar-refractivity contribution >= 4 is 49.3 Å². The van der Waals surface area contributed by atoms with Crippen molar-refractivity contribution in [3.05, 3.63) is 63.6 Å². The molecule has 9 heteroatoms. The van der Waals surface area contributed by atoms with Crippen LogP contribution < -0.4 is 5.56 Å². The number of hydrogen-bond donors (Lipinski definition) is 1. The first-order valence-corrected chi connectivity index (χ1v) is 9.56. The van der Waals surface area contributed by atoms with Crippen LogP contribution in [-0.4, -0.2) is 25.1 Å². The van der Waals surface area contributed by atoms with E-state index in [9.17, 15) is 14.7 Å². The second kappa shape index (κ2) is 7.25. The highest BCUT2D eigenvalue weighted by atomic mass is 79.9. The lowest BCUT2D eigenvalue weighted by Gasteiger charge is -2.11. The second-order valence-corrected chi connectivity index (χ2v) is 7.50. The van der Waals surface area contributed by atoms with Crippen LogP contribution in [0.5, 0.6) is 5.88 Å². The number of nitrogens with zero attached hydrogens (tertiary/aromatic N) is 5. The molecule has 0 saturated heterocycles. The van der Waals surface area contributed by atoms with Crippen LogP contribution in [0.2, 0.25) is 0 Å². The van der Waals surface area contributed by atoms with Crippen molar-refractivity contribution in [3.63, 3.8) is 0 Å². The van der Waals surface area contributed by atoms with E-state index >= 15 is 0 Å². The van der Waals surface area contributed by atoms with Crippen molar-refractivity contribution in [2.75, 3.05) is 0 Å². The molecule has 0 aliphatic heterocycles. The van der Waals surface area contributed by atoms with Crippen LogP contribution in [0.4, 0.5) is 5.69 Å². The van der Waals surface area contributed by atoms with Gasteiger partial charge in [0.1, 0.15) is 6.04 Å². The minimum Gasteiger partial charge on any atom is -0.493 e. The average molecular weight is 454 g/mol. The Morgan fingerprint density at radius 3 is 2.76 bits per heavy atom. The van der Waals surface area contributed by atoms with E-state index in [0.717, 1.165) is 9.99 Å². The molecule has 0 aliphatic carbocycles. The average Bonchev–Trinajstić information content (AvgIpc) is 2.95. The number of carbonyl (C=O) groups is 1. The summed E-state index contributed by atoms with van der Waals surface area (Å²) in [6, 6.07) is 11.5. The molecule has 1 amide bonds. The fraction of sp³-hybridized carbons (Fsp3) is 0.150. The SMILES string of the molecule is CC(C(=O)N=Nc1c(O)n(C)c2ccc(Br)cc12)n1cnc2ccccc2c1=O. The van der Waals surface area contributed by atoms with E-state index in [2.05, 4.69) is 31.1 Å². The highest BCUT2D eigenvalue weighted by Gasteiger charge is 2.19. The lowest BCUT2D eigenvalue weighted by molar-refractivity contribution is -0.121.